The van der Waals surface area contributed by atoms with Crippen LogP contribution in [0, 0.1) is 0 Å². The Hall–Kier alpha value is -2.87. The predicted octanol–water partition coefficient (Wildman–Crippen LogP) is 2.76. The quantitative estimate of drug-likeness (QED) is 0.484. The van der Waals surface area contributed by atoms with Gasteiger partial charge in [0.05, 0.1) is 12.7 Å². The summed E-state index contributed by atoms with van der Waals surface area (Å²) in [7, 11) is 3.91. The van der Waals surface area contributed by atoms with Gasteiger partial charge in [0.25, 0.3) is 0 Å². The summed E-state index contributed by atoms with van der Waals surface area (Å²) in [6.07, 6.45) is 4.42. The van der Waals surface area contributed by atoms with Gasteiger partial charge in [0.2, 0.25) is 11.7 Å². The number of nitrogens with one attached hydrogen (secondary N) is 1. The molecule has 0 aliphatic rings. The summed E-state index contributed by atoms with van der Waals surface area (Å²) in [6.45, 7) is 4.10. The van der Waals surface area contributed by atoms with Crippen LogP contribution in [-0.2, 0) is 20.0 Å². The Morgan fingerprint density at radius 1 is 1.32 bits per heavy atom. The molecule has 0 aliphatic heterocycles. The van der Waals surface area contributed by atoms with Gasteiger partial charge in [-0.2, -0.15) is 10.1 Å². The van der Waals surface area contributed by atoms with Crippen LogP contribution in [0.25, 0.3) is 11.4 Å². The van der Waals surface area contributed by atoms with Crippen molar-refractivity contribution in [1.29, 1.82) is 0 Å². The van der Waals surface area contributed by atoms with Crippen LogP contribution in [0.2, 0.25) is 5.02 Å². The van der Waals surface area contributed by atoms with Gasteiger partial charge in [-0.15, -0.1) is 0 Å². The first kappa shape index (κ1) is 19.9. The van der Waals surface area contributed by atoms with Crippen molar-refractivity contribution in [3.63, 3.8) is 0 Å². The van der Waals surface area contributed by atoms with Crippen molar-refractivity contribution < 1.29 is 4.52 Å². The van der Waals surface area contributed by atoms with Gasteiger partial charge in [0.15, 0.2) is 5.96 Å². The number of hydrogen-bond acceptors (Lipinski definition) is 5. The van der Waals surface area contributed by atoms with Gasteiger partial charge in [-0.05, 0) is 31.2 Å². The highest BCUT2D eigenvalue weighted by Gasteiger charge is 2.10. The molecule has 3 aromatic rings. The number of aliphatic imine (C=N–C) groups is 1. The fourth-order valence-electron chi connectivity index (χ4n) is 2.70. The molecular weight excluding hydrogens is 378 g/mol. The first-order chi connectivity index (χ1) is 13.5. The Morgan fingerprint density at radius 2 is 2.11 bits per heavy atom. The highest BCUT2D eigenvalue weighted by molar-refractivity contribution is 6.30. The summed E-state index contributed by atoms with van der Waals surface area (Å²) < 4.78 is 7.13. The fraction of sp³-hybridized carbons (Fsp3) is 0.368. The summed E-state index contributed by atoms with van der Waals surface area (Å²) in [5.41, 5.74) is 1.99. The third kappa shape index (κ3) is 5.32. The van der Waals surface area contributed by atoms with Crippen molar-refractivity contribution >= 4 is 17.6 Å². The Kier molecular flexibility index (Phi) is 6.65. The van der Waals surface area contributed by atoms with Crippen LogP contribution in [0.4, 0.5) is 0 Å². The monoisotopic (exact) mass is 401 g/mol. The van der Waals surface area contributed by atoms with Crippen molar-refractivity contribution in [3.05, 3.63) is 53.1 Å². The Morgan fingerprint density at radius 3 is 2.79 bits per heavy atom. The molecule has 0 radical (unpaired) electrons. The zero-order valence-corrected chi connectivity index (χ0v) is 17.0. The maximum atomic E-state index is 5.91. The molecule has 0 amide bonds. The number of aromatic nitrogens is 4. The average molecular weight is 402 g/mol. The smallest absolute Gasteiger partial charge is 0.228 e. The van der Waals surface area contributed by atoms with Crippen LogP contribution in [0.15, 0.2) is 46.2 Å². The molecule has 0 saturated carbocycles. The molecule has 1 N–H and O–H groups in total. The van der Waals surface area contributed by atoms with E-state index in [1.807, 2.05) is 45.5 Å². The zero-order chi connectivity index (χ0) is 19.9. The van der Waals surface area contributed by atoms with Gasteiger partial charge < -0.3 is 14.7 Å². The van der Waals surface area contributed by atoms with E-state index < -0.39 is 0 Å². The van der Waals surface area contributed by atoms with Gasteiger partial charge >= 0.3 is 0 Å². The summed E-state index contributed by atoms with van der Waals surface area (Å²) in [4.78, 5) is 11.2. The lowest BCUT2D eigenvalue weighted by Crippen LogP contribution is -2.38. The lowest BCUT2D eigenvalue weighted by atomic mass is 10.2. The molecule has 1 aromatic carbocycles. The van der Waals surface area contributed by atoms with Gasteiger partial charge in [-0.25, -0.2) is 0 Å². The van der Waals surface area contributed by atoms with Crippen molar-refractivity contribution in [2.75, 3.05) is 20.1 Å². The number of halogens is 1. The molecule has 0 bridgehead atoms. The number of benzene rings is 1. The highest BCUT2D eigenvalue weighted by Crippen LogP contribution is 2.18. The topological polar surface area (TPSA) is 84.4 Å². The molecule has 2 heterocycles. The van der Waals surface area contributed by atoms with E-state index in [1.54, 1.807) is 16.8 Å². The molecule has 0 aliphatic carbocycles. The fourth-order valence-corrected chi connectivity index (χ4v) is 2.83. The van der Waals surface area contributed by atoms with Crippen LogP contribution >= 0.6 is 11.6 Å². The summed E-state index contributed by atoms with van der Waals surface area (Å²) >= 11 is 5.91. The summed E-state index contributed by atoms with van der Waals surface area (Å²) in [5.74, 6) is 1.93. The van der Waals surface area contributed by atoms with Crippen molar-refractivity contribution in [3.8, 4) is 11.4 Å². The maximum Gasteiger partial charge on any atom is 0.228 e. The van der Waals surface area contributed by atoms with E-state index in [0.29, 0.717) is 29.7 Å². The number of hydrogen-bond donors (Lipinski definition) is 1. The molecule has 0 spiro atoms. The van der Waals surface area contributed by atoms with Crippen LogP contribution in [0.1, 0.15) is 18.4 Å². The molecule has 148 valence electrons. The molecule has 28 heavy (non-hydrogen) atoms. The van der Waals surface area contributed by atoms with E-state index in [2.05, 4.69) is 30.4 Å². The molecule has 3 rings (SSSR count). The van der Waals surface area contributed by atoms with Crippen LogP contribution in [-0.4, -0.2) is 50.9 Å². The van der Waals surface area contributed by atoms with E-state index in [0.717, 1.165) is 30.2 Å². The highest BCUT2D eigenvalue weighted by atomic mass is 35.5. The number of rotatable bonds is 7. The van der Waals surface area contributed by atoms with Crippen molar-refractivity contribution in [2.45, 2.75) is 19.9 Å². The van der Waals surface area contributed by atoms with Gasteiger partial charge in [-0.3, -0.25) is 9.67 Å². The average Bonchev–Trinajstić information content (AvgIpc) is 3.31. The normalized spacial score (nSPS) is 11.6. The first-order valence-corrected chi connectivity index (χ1v) is 9.48. The molecule has 8 nitrogen and oxygen atoms in total. The maximum absolute atomic E-state index is 5.91. The Bertz CT molecular complexity index is 917. The van der Waals surface area contributed by atoms with Crippen molar-refractivity contribution in [1.82, 2.24) is 30.1 Å². The van der Waals surface area contributed by atoms with E-state index in [9.17, 15) is 0 Å². The minimum Gasteiger partial charge on any atom is -0.357 e. The minimum absolute atomic E-state index is 0.544. The predicted molar refractivity (Wildman–Crippen MR) is 109 cm³/mol. The third-order valence-electron chi connectivity index (χ3n) is 4.03. The van der Waals surface area contributed by atoms with Crippen LogP contribution in [0.5, 0.6) is 0 Å². The molecule has 0 unspecified atom stereocenters. The van der Waals surface area contributed by atoms with E-state index in [1.165, 1.54) is 0 Å². The van der Waals surface area contributed by atoms with Gasteiger partial charge in [0, 0.05) is 56.0 Å². The second kappa shape index (κ2) is 9.36. The van der Waals surface area contributed by atoms with E-state index in [-0.39, 0.29) is 0 Å². The molecule has 9 heteroatoms. The van der Waals surface area contributed by atoms with Gasteiger partial charge in [0.1, 0.15) is 0 Å². The molecule has 0 fully saturated rings. The van der Waals surface area contributed by atoms with E-state index >= 15 is 0 Å². The third-order valence-corrected chi connectivity index (χ3v) is 4.28. The zero-order valence-electron chi connectivity index (χ0n) is 16.3. The van der Waals surface area contributed by atoms with Crippen LogP contribution in [0.3, 0.4) is 0 Å². The van der Waals surface area contributed by atoms with Crippen molar-refractivity contribution in [2.24, 2.45) is 12.0 Å². The SMILES string of the molecule is CCNC(=NCCc1nc(-c2ccc(Cl)cc2)no1)N(C)Cc1cnn(C)c1. The molecular formula is C19H24ClN7O. The molecule has 0 atom stereocenters. The first-order valence-electron chi connectivity index (χ1n) is 9.10. The number of aryl methyl sites for hydroxylation is 1. The second-order valence-corrected chi connectivity index (χ2v) is 6.82. The Balaban J connectivity index is 1.59. The van der Waals surface area contributed by atoms with Crippen LogP contribution < -0.4 is 5.32 Å². The second-order valence-electron chi connectivity index (χ2n) is 6.38. The lowest BCUT2D eigenvalue weighted by Gasteiger charge is -2.21. The number of nitrogens with zero attached hydrogens (tertiary/aromatic N) is 6. The standard InChI is InChI=1S/C19H24ClN7O/c1-4-21-19(26(2)12-14-11-23-27(3)13-14)22-10-9-17-24-18(25-28-17)15-5-7-16(20)8-6-15/h5-8,11,13H,4,9-10,12H2,1-3H3,(H,21,22). The largest absolute Gasteiger partial charge is 0.357 e. The minimum atomic E-state index is 0.544. The van der Waals surface area contributed by atoms with E-state index in [4.69, 9.17) is 16.1 Å². The molecule has 0 saturated heterocycles. The summed E-state index contributed by atoms with van der Waals surface area (Å²) in [6, 6.07) is 7.34. The number of guanidine groups is 1. The Labute approximate surface area is 169 Å². The summed E-state index contributed by atoms with van der Waals surface area (Å²) in [5, 5.41) is 12.2. The molecule has 2 aromatic heterocycles. The van der Waals surface area contributed by atoms with Gasteiger partial charge in [-0.1, -0.05) is 16.8 Å². The lowest BCUT2D eigenvalue weighted by molar-refractivity contribution is 0.380.